The third-order valence-electron chi connectivity index (χ3n) is 5.49. The molecule has 0 aromatic carbocycles. The van der Waals surface area contributed by atoms with Gasteiger partial charge in [0.25, 0.3) is 0 Å². The molecule has 6 heteroatoms. The summed E-state index contributed by atoms with van der Waals surface area (Å²) in [6.45, 7) is 13.7. The minimum absolute atomic E-state index is 0.373. The van der Waals surface area contributed by atoms with Crippen LogP contribution in [0.25, 0.3) is 17.1 Å². The number of carbonyl (C=O) groups excluding carboxylic acids is 1. The summed E-state index contributed by atoms with van der Waals surface area (Å²) in [6, 6.07) is 1.91. The molecule has 0 atom stereocenters. The third kappa shape index (κ3) is 3.22. The van der Waals surface area contributed by atoms with Crippen molar-refractivity contribution in [2.45, 2.75) is 58.2 Å². The Hall–Kier alpha value is -1.95. The predicted molar refractivity (Wildman–Crippen MR) is 107 cm³/mol. The molecule has 0 aliphatic rings. The van der Waals surface area contributed by atoms with Crippen LogP contribution in [-0.2, 0) is 9.53 Å². The minimum Gasteiger partial charge on any atom is -0.466 e. The van der Waals surface area contributed by atoms with Crippen LogP contribution in [0.3, 0.4) is 0 Å². The standard InChI is InChI=1S/C20H29FN2O2Si/c1-13(2)26(14(3)4,15(5)6)23-11-10-17-16(8-9-19(24)25-7)18(21)12-22-20(17)23/h8-15H,1-7H3/b9-8+. The van der Waals surface area contributed by atoms with Crippen LogP contribution in [0.5, 0.6) is 0 Å². The van der Waals surface area contributed by atoms with Crippen LogP contribution in [0.4, 0.5) is 4.39 Å². The van der Waals surface area contributed by atoms with Crippen molar-refractivity contribution >= 4 is 31.3 Å². The van der Waals surface area contributed by atoms with E-state index in [0.29, 0.717) is 22.2 Å². The Kier molecular flexibility index (Phi) is 6.06. The van der Waals surface area contributed by atoms with Crippen LogP contribution < -0.4 is 0 Å². The Morgan fingerprint density at radius 2 is 1.77 bits per heavy atom. The molecule has 0 N–H and O–H groups in total. The molecule has 0 bridgehead atoms. The lowest BCUT2D eigenvalue weighted by Crippen LogP contribution is -2.51. The van der Waals surface area contributed by atoms with E-state index in [2.05, 4.69) is 61.7 Å². The van der Waals surface area contributed by atoms with Gasteiger partial charge < -0.3 is 8.97 Å². The maximum atomic E-state index is 14.4. The zero-order valence-electron chi connectivity index (χ0n) is 16.7. The van der Waals surface area contributed by atoms with Gasteiger partial charge in [-0.1, -0.05) is 41.5 Å². The first kappa shape index (κ1) is 20.4. The molecular formula is C20H29FN2O2Si. The van der Waals surface area contributed by atoms with Crippen molar-refractivity contribution in [1.29, 1.82) is 0 Å². The van der Waals surface area contributed by atoms with Gasteiger partial charge in [-0.3, -0.25) is 0 Å². The lowest BCUT2D eigenvalue weighted by Gasteiger charge is -2.44. The summed E-state index contributed by atoms with van der Waals surface area (Å²) >= 11 is 0. The Bertz CT molecular complexity index is 803. The number of nitrogens with zero attached hydrogens (tertiary/aromatic N) is 2. The quantitative estimate of drug-likeness (QED) is 0.386. The van der Waals surface area contributed by atoms with E-state index in [9.17, 15) is 9.18 Å². The number of rotatable bonds is 6. The molecular weight excluding hydrogens is 347 g/mol. The summed E-state index contributed by atoms with van der Waals surface area (Å²) in [4.78, 5) is 15.9. The van der Waals surface area contributed by atoms with E-state index in [4.69, 9.17) is 0 Å². The van der Waals surface area contributed by atoms with Gasteiger partial charge in [-0.15, -0.1) is 0 Å². The summed E-state index contributed by atoms with van der Waals surface area (Å²) in [5.74, 6) is -0.953. The highest BCUT2D eigenvalue weighted by atomic mass is 28.3. The molecule has 0 fully saturated rings. The van der Waals surface area contributed by atoms with Crippen molar-refractivity contribution in [2.24, 2.45) is 0 Å². The van der Waals surface area contributed by atoms with E-state index in [1.165, 1.54) is 25.5 Å². The van der Waals surface area contributed by atoms with Crippen LogP contribution in [-0.4, -0.2) is 30.5 Å². The molecule has 0 unspecified atom stereocenters. The monoisotopic (exact) mass is 376 g/mol. The van der Waals surface area contributed by atoms with Crippen LogP contribution >= 0.6 is 0 Å². The Labute approximate surface area is 156 Å². The Morgan fingerprint density at radius 3 is 2.27 bits per heavy atom. The second kappa shape index (κ2) is 7.74. The second-order valence-electron chi connectivity index (χ2n) is 7.65. The minimum atomic E-state index is -1.99. The smallest absolute Gasteiger partial charge is 0.330 e. The number of hydrogen-bond donors (Lipinski definition) is 0. The fourth-order valence-corrected chi connectivity index (χ4v) is 11.2. The highest BCUT2D eigenvalue weighted by molar-refractivity contribution is 6.82. The molecule has 0 aliphatic heterocycles. The maximum Gasteiger partial charge on any atom is 0.330 e. The van der Waals surface area contributed by atoms with Crippen LogP contribution in [0.1, 0.15) is 47.1 Å². The average molecular weight is 377 g/mol. The van der Waals surface area contributed by atoms with Crippen molar-refractivity contribution in [1.82, 2.24) is 9.22 Å². The van der Waals surface area contributed by atoms with E-state index in [-0.39, 0.29) is 0 Å². The Balaban J connectivity index is 2.75. The molecule has 2 aromatic heterocycles. The van der Waals surface area contributed by atoms with Crippen molar-refractivity contribution in [2.75, 3.05) is 7.11 Å². The van der Waals surface area contributed by atoms with Crippen molar-refractivity contribution < 1.29 is 13.9 Å². The molecule has 2 rings (SSSR count). The van der Waals surface area contributed by atoms with Gasteiger partial charge in [-0.25, -0.2) is 14.2 Å². The maximum absolute atomic E-state index is 14.4. The molecule has 4 nitrogen and oxygen atoms in total. The van der Waals surface area contributed by atoms with Crippen molar-refractivity contribution in [3.8, 4) is 0 Å². The fraction of sp³-hybridized carbons (Fsp3) is 0.500. The summed E-state index contributed by atoms with van der Waals surface area (Å²) in [5, 5.41) is 0.726. The molecule has 0 amide bonds. The van der Waals surface area contributed by atoms with Crippen LogP contribution in [0.2, 0.25) is 16.6 Å². The number of hydrogen-bond acceptors (Lipinski definition) is 3. The van der Waals surface area contributed by atoms with Gasteiger partial charge in [0.15, 0.2) is 8.24 Å². The Morgan fingerprint density at radius 1 is 1.19 bits per heavy atom. The topological polar surface area (TPSA) is 44.1 Å². The molecule has 0 saturated heterocycles. The van der Waals surface area contributed by atoms with Gasteiger partial charge in [-0.2, -0.15) is 0 Å². The first-order valence-corrected chi connectivity index (χ1v) is 11.3. The highest BCUT2D eigenvalue weighted by Crippen LogP contribution is 2.44. The number of methoxy groups -OCH3 is 1. The van der Waals surface area contributed by atoms with E-state index >= 15 is 0 Å². The summed E-state index contributed by atoms with van der Waals surface area (Å²) in [5.41, 5.74) is 2.66. The second-order valence-corrected chi connectivity index (χ2v) is 13.4. The van der Waals surface area contributed by atoms with Crippen LogP contribution in [0.15, 0.2) is 24.5 Å². The summed E-state index contributed by atoms with van der Waals surface area (Å²) in [7, 11) is -0.691. The molecule has 0 spiro atoms. The molecule has 142 valence electrons. The lowest BCUT2D eigenvalue weighted by molar-refractivity contribution is -0.134. The highest BCUT2D eigenvalue weighted by Gasteiger charge is 2.46. The zero-order valence-corrected chi connectivity index (χ0v) is 17.7. The van der Waals surface area contributed by atoms with Gasteiger partial charge in [0.05, 0.1) is 13.3 Å². The zero-order chi connectivity index (χ0) is 19.6. The van der Waals surface area contributed by atoms with Gasteiger partial charge in [-0.05, 0) is 35.0 Å². The van der Waals surface area contributed by atoms with E-state index in [0.717, 1.165) is 11.0 Å². The lowest BCUT2D eigenvalue weighted by atomic mass is 10.1. The SMILES string of the molecule is COC(=O)/C=C/c1c(F)cnc2c1ccn2[Si](C(C)C)(C(C)C)C(C)C. The van der Waals surface area contributed by atoms with E-state index in [1.54, 1.807) is 0 Å². The fourth-order valence-electron chi connectivity index (χ4n) is 4.62. The molecule has 0 aliphatic carbocycles. The summed E-state index contributed by atoms with van der Waals surface area (Å²) < 4.78 is 21.3. The number of carbonyl (C=O) groups is 1. The number of esters is 1. The van der Waals surface area contributed by atoms with Gasteiger partial charge in [0.1, 0.15) is 11.5 Å². The number of halogens is 1. The normalized spacial score (nSPS) is 12.9. The van der Waals surface area contributed by atoms with E-state index in [1.807, 2.05) is 6.07 Å². The first-order valence-electron chi connectivity index (χ1n) is 9.09. The van der Waals surface area contributed by atoms with Crippen molar-refractivity contribution in [3.63, 3.8) is 0 Å². The number of fused-ring (bicyclic) bond motifs is 1. The predicted octanol–water partition coefficient (Wildman–Crippen LogP) is 5.39. The number of pyridine rings is 1. The first-order chi connectivity index (χ1) is 12.2. The molecule has 2 heterocycles. The number of aromatic nitrogens is 2. The molecule has 2 aromatic rings. The van der Waals surface area contributed by atoms with E-state index < -0.39 is 20.0 Å². The van der Waals surface area contributed by atoms with Crippen LogP contribution in [0, 0.1) is 5.82 Å². The molecule has 26 heavy (non-hydrogen) atoms. The largest absolute Gasteiger partial charge is 0.466 e. The van der Waals surface area contributed by atoms with Gasteiger partial charge in [0.2, 0.25) is 0 Å². The summed E-state index contributed by atoms with van der Waals surface area (Å²) in [6.07, 6.45) is 6.01. The molecule has 0 radical (unpaired) electrons. The van der Waals surface area contributed by atoms with Gasteiger partial charge in [0, 0.05) is 17.0 Å². The average Bonchev–Trinajstić information content (AvgIpc) is 2.97. The van der Waals surface area contributed by atoms with Crippen molar-refractivity contribution in [3.05, 3.63) is 35.9 Å². The number of ether oxygens (including phenoxy) is 1. The molecule has 0 saturated carbocycles. The third-order valence-corrected chi connectivity index (χ3v) is 12.2. The van der Waals surface area contributed by atoms with Gasteiger partial charge >= 0.3 is 5.97 Å².